The molecule has 128 valence electrons. The Kier molecular flexibility index (Phi) is 4.65. The molecule has 0 spiro atoms. The summed E-state index contributed by atoms with van der Waals surface area (Å²) in [6.45, 7) is 4.09. The Hall–Kier alpha value is -3.35. The van der Waals surface area contributed by atoms with Gasteiger partial charge in [0.2, 0.25) is 6.79 Å². The number of rotatable bonds is 3. The average Bonchev–Trinajstić information content (AvgIpc) is 3.05. The summed E-state index contributed by atoms with van der Waals surface area (Å²) in [6.07, 6.45) is 1.42. The molecule has 0 saturated carbocycles. The fourth-order valence-electron chi connectivity index (χ4n) is 2.22. The van der Waals surface area contributed by atoms with Crippen LogP contribution < -0.4 is 20.2 Å². The zero-order valence-electron chi connectivity index (χ0n) is 13.8. The summed E-state index contributed by atoms with van der Waals surface area (Å²) < 4.78 is 10.5. The van der Waals surface area contributed by atoms with Crippen LogP contribution in [0, 0.1) is 13.8 Å². The van der Waals surface area contributed by atoms with E-state index in [4.69, 9.17) is 9.47 Å². The smallest absolute Gasteiger partial charge is 0.329 e. The van der Waals surface area contributed by atoms with Gasteiger partial charge in [-0.3, -0.25) is 9.59 Å². The van der Waals surface area contributed by atoms with Gasteiger partial charge >= 0.3 is 11.8 Å². The summed E-state index contributed by atoms with van der Waals surface area (Å²) in [5, 5.41) is 6.31. The number of ether oxygens (including phenoxy) is 2. The van der Waals surface area contributed by atoms with Crippen molar-refractivity contribution in [2.75, 3.05) is 12.1 Å². The second kappa shape index (κ2) is 7.04. The third-order valence-electron chi connectivity index (χ3n) is 3.75. The Morgan fingerprint density at radius 3 is 2.60 bits per heavy atom. The first kappa shape index (κ1) is 16.5. The summed E-state index contributed by atoms with van der Waals surface area (Å²) in [5.41, 5.74) is 5.59. The highest BCUT2D eigenvalue weighted by atomic mass is 16.7. The van der Waals surface area contributed by atoms with E-state index in [1.54, 1.807) is 30.3 Å². The predicted octanol–water partition coefficient (Wildman–Crippen LogP) is 2.12. The van der Waals surface area contributed by atoms with E-state index in [1.807, 2.05) is 19.9 Å². The Balaban J connectivity index is 1.56. The molecule has 0 saturated heterocycles. The maximum absolute atomic E-state index is 11.9. The number of aryl methyl sites for hydroxylation is 2. The SMILES string of the molecule is Cc1ccc(NC(=O)C(=O)NN=Cc2ccc3c(c2)OCO3)cc1C. The van der Waals surface area contributed by atoms with Crippen LogP contribution in [0.3, 0.4) is 0 Å². The minimum atomic E-state index is -0.852. The molecular weight excluding hydrogens is 322 g/mol. The monoisotopic (exact) mass is 339 g/mol. The van der Waals surface area contributed by atoms with Crippen molar-refractivity contribution >= 4 is 23.7 Å². The number of carbonyl (C=O) groups is 2. The number of amides is 2. The quantitative estimate of drug-likeness (QED) is 0.509. The lowest BCUT2D eigenvalue weighted by molar-refractivity contribution is -0.136. The number of carbonyl (C=O) groups excluding carboxylic acids is 2. The lowest BCUT2D eigenvalue weighted by atomic mass is 10.1. The molecule has 2 aromatic carbocycles. The Morgan fingerprint density at radius 1 is 1.00 bits per heavy atom. The molecule has 7 nitrogen and oxygen atoms in total. The second-order valence-corrected chi connectivity index (χ2v) is 5.56. The fraction of sp³-hybridized carbons (Fsp3) is 0.167. The lowest BCUT2D eigenvalue weighted by Gasteiger charge is -2.06. The van der Waals surface area contributed by atoms with Gasteiger partial charge in [-0.1, -0.05) is 6.07 Å². The molecule has 7 heteroatoms. The Morgan fingerprint density at radius 2 is 1.80 bits per heavy atom. The summed E-state index contributed by atoms with van der Waals surface area (Å²) >= 11 is 0. The molecule has 1 aliphatic rings. The van der Waals surface area contributed by atoms with E-state index in [0.717, 1.165) is 11.1 Å². The minimum absolute atomic E-state index is 0.186. The molecule has 25 heavy (non-hydrogen) atoms. The standard InChI is InChI=1S/C18H17N3O4/c1-11-3-5-14(7-12(11)2)20-17(22)18(23)21-19-9-13-4-6-15-16(8-13)25-10-24-15/h3-9H,10H2,1-2H3,(H,20,22)(H,21,23). The van der Waals surface area contributed by atoms with Crippen molar-refractivity contribution in [3.63, 3.8) is 0 Å². The molecule has 1 aliphatic heterocycles. The van der Waals surface area contributed by atoms with E-state index < -0.39 is 11.8 Å². The molecule has 0 radical (unpaired) electrons. The number of nitrogens with zero attached hydrogens (tertiary/aromatic N) is 1. The van der Waals surface area contributed by atoms with Crippen molar-refractivity contribution in [2.45, 2.75) is 13.8 Å². The molecule has 0 fully saturated rings. The molecule has 0 bridgehead atoms. The van der Waals surface area contributed by atoms with Crippen molar-refractivity contribution in [2.24, 2.45) is 5.10 Å². The molecule has 0 aromatic heterocycles. The summed E-state index contributed by atoms with van der Waals surface area (Å²) in [4.78, 5) is 23.7. The molecule has 0 unspecified atom stereocenters. The van der Waals surface area contributed by atoms with Crippen LogP contribution in [0.25, 0.3) is 0 Å². The molecule has 0 atom stereocenters. The van der Waals surface area contributed by atoms with Crippen LogP contribution in [0.2, 0.25) is 0 Å². The average molecular weight is 339 g/mol. The van der Waals surface area contributed by atoms with Gasteiger partial charge < -0.3 is 14.8 Å². The van der Waals surface area contributed by atoms with Gasteiger partial charge in [0.1, 0.15) is 0 Å². The van der Waals surface area contributed by atoms with Crippen molar-refractivity contribution in [3.8, 4) is 11.5 Å². The van der Waals surface area contributed by atoms with Crippen LogP contribution in [0.4, 0.5) is 5.69 Å². The number of benzene rings is 2. The summed E-state index contributed by atoms with van der Waals surface area (Å²) in [5.74, 6) is -0.363. The molecular formula is C18H17N3O4. The largest absolute Gasteiger partial charge is 0.454 e. The number of hydrogen-bond acceptors (Lipinski definition) is 5. The normalized spacial score (nSPS) is 12.2. The lowest BCUT2D eigenvalue weighted by Crippen LogP contribution is -2.32. The number of hydrogen-bond donors (Lipinski definition) is 2. The maximum Gasteiger partial charge on any atom is 0.329 e. The highest BCUT2D eigenvalue weighted by Crippen LogP contribution is 2.31. The molecule has 1 heterocycles. The van der Waals surface area contributed by atoms with Crippen molar-refractivity contribution in [1.82, 2.24) is 5.43 Å². The summed E-state index contributed by atoms with van der Waals surface area (Å²) in [7, 11) is 0. The first-order chi connectivity index (χ1) is 12.0. The zero-order chi connectivity index (χ0) is 17.8. The van der Waals surface area contributed by atoms with E-state index in [1.165, 1.54) is 6.21 Å². The molecule has 2 N–H and O–H groups in total. The van der Waals surface area contributed by atoms with Crippen LogP contribution in [0.1, 0.15) is 16.7 Å². The number of fused-ring (bicyclic) bond motifs is 1. The van der Waals surface area contributed by atoms with E-state index in [-0.39, 0.29) is 6.79 Å². The van der Waals surface area contributed by atoms with Crippen LogP contribution in [-0.2, 0) is 9.59 Å². The van der Waals surface area contributed by atoms with Gasteiger partial charge in [0, 0.05) is 5.69 Å². The van der Waals surface area contributed by atoms with E-state index in [9.17, 15) is 9.59 Å². The molecule has 2 amide bonds. The first-order valence-electron chi connectivity index (χ1n) is 7.64. The van der Waals surface area contributed by atoms with Crippen LogP contribution in [0.5, 0.6) is 11.5 Å². The van der Waals surface area contributed by atoms with Gasteiger partial charge in [-0.25, -0.2) is 5.43 Å². The van der Waals surface area contributed by atoms with Crippen LogP contribution in [0.15, 0.2) is 41.5 Å². The van der Waals surface area contributed by atoms with Gasteiger partial charge in [-0.15, -0.1) is 0 Å². The maximum atomic E-state index is 11.9. The topological polar surface area (TPSA) is 89.0 Å². The van der Waals surface area contributed by atoms with Gasteiger partial charge in [-0.2, -0.15) is 5.10 Å². The second-order valence-electron chi connectivity index (χ2n) is 5.56. The Labute approximate surface area is 144 Å². The minimum Gasteiger partial charge on any atom is -0.454 e. The van der Waals surface area contributed by atoms with Gasteiger partial charge in [-0.05, 0) is 60.9 Å². The van der Waals surface area contributed by atoms with Gasteiger partial charge in [0.15, 0.2) is 11.5 Å². The fourth-order valence-corrected chi connectivity index (χ4v) is 2.22. The van der Waals surface area contributed by atoms with Crippen molar-refractivity contribution < 1.29 is 19.1 Å². The van der Waals surface area contributed by atoms with Crippen molar-refractivity contribution in [1.29, 1.82) is 0 Å². The molecule has 2 aromatic rings. The molecule has 0 aliphatic carbocycles. The zero-order valence-corrected chi connectivity index (χ0v) is 13.8. The highest BCUT2D eigenvalue weighted by Gasteiger charge is 2.14. The molecule has 3 rings (SSSR count). The third kappa shape index (κ3) is 3.95. The van der Waals surface area contributed by atoms with Crippen molar-refractivity contribution in [3.05, 3.63) is 53.1 Å². The highest BCUT2D eigenvalue weighted by molar-refractivity contribution is 6.39. The van der Waals surface area contributed by atoms with Gasteiger partial charge in [0.05, 0.1) is 6.21 Å². The van der Waals surface area contributed by atoms with Gasteiger partial charge in [0.25, 0.3) is 0 Å². The number of nitrogens with one attached hydrogen (secondary N) is 2. The summed E-state index contributed by atoms with van der Waals surface area (Å²) in [6, 6.07) is 10.7. The van der Waals surface area contributed by atoms with Crippen LogP contribution in [-0.4, -0.2) is 24.8 Å². The van der Waals surface area contributed by atoms with E-state index in [0.29, 0.717) is 22.7 Å². The van der Waals surface area contributed by atoms with Crippen LogP contribution >= 0.6 is 0 Å². The Bertz CT molecular complexity index is 861. The van der Waals surface area contributed by atoms with E-state index in [2.05, 4.69) is 15.8 Å². The number of hydrazone groups is 1. The third-order valence-corrected chi connectivity index (χ3v) is 3.75. The predicted molar refractivity (Wildman–Crippen MR) is 92.8 cm³/mol. The first-order valence-corrected chi connectivity index (χ1v) is 7.64. The number of anilines is 1. The van der Waals surface area contributed by atoms with E-state index >= 15 is 0 Å².